The topological polar surface area (TPSA) is 92.4 Å². The van der Waals surface area contributed by atoms with Crippen LogP contribution in [0.1, 0.15) is 46.0 Å². The summed E-state index contributed by atoms with van der Waals surface area (Å²) in [5.74, 6) is -1.06. The number of carbonyl (C=O) groups is 2. The Hall–Kier alpha value is -1.10. The Balaban J connectivity index is 2.56. The fourth-order valence-electron chi connectivity index (χ4n) is 2.07. The van der Waals surface area contributed by atoms with Gasteiger partial charge < -0.3 is 16.2 Å². The van der Waals surface area contributed by atoms with Gasteiger partial charge in [-0.15, -0.1) is 0 Å². The molecule has 4 N–H and O–H groups in total. The minimum Gasteiger partial charge on any atom is -0.481 e. The molecule has 5 nitrogen and oxygen atoms in total. The molecule has 1 saturated carbocycles. The van der Waals surface area contributed by atoms with Crippen LogP contribution in [-0.4, -0.2) is 29.1 Å². The molecule has 1 fully saturated rings. The van der Waals surface area contributed by atoms with E-state index < -0.39 is 16.9 Å². The predicted octanol–water partition coefficient (Wildman–Crippen LogP) is 0.875. The molecule has 0 saturated heterocycles. The van der Waals surface area contributed by atoms with E-state index >= 15 is 0 Å². The molecule has 0 aromatic carbocycles. The molecule has 1 rings (SSSR count). The molecular weight excluding hydrogens is 220 g/mol. The monoisotopic (exact) mass is 242 g/mol. The lowest BCUT2D eigenvalue weighted by Gasteiger charge is -2.38. The Morgan fingerprint density at radius 3 is 2.18 bits per heavy atom. The van der Waals surface area contributed by atoms with Crippen molar-refractivity contribution >= 4 is 11.9 Å². The van der Waals surface area contributed by atoms with E-state index in [9.17, 15) is 9.59 Å². The van der Waals surface area contributed by atoms with Crippen molar-refractivity contribution < 1.29 is 14.7 Å². The summed E-state index contributed by atoms with van der Waals surface area (Å²) < 4.78 is 0. The second-order valence-corrected chi connectivity index (χ2v) is 4.98. The zero-order valence-electron chi connectivity index (χ0n) is 10.6. The van der Waals surface area contributed by atoms with Gasteiger partial charge in [0.15, 0.2) is 0 Å². The van der Waals surface area contributed by atoms with Crippen LogP contribution in [0, 0.1) is 5.41 Å². The van der Waals surface area contributed by atoms with E-state index in [0.29, 0.717) is 25.7 Å². The summed E-state index contributed by atoms with van der Waals surface area (Å²) in [5.41, 5.74) is 4.32. The third-order valence-corrected chi connectivity index (χ3v) is 4.07. The lowest BCUT2D eigenvalue weighted by Crippen LogP contribution is -2.56. The van der Waals surface area contributed by atoms with Gasteiger partial charge in [0.25, 0.3) is 0 Å². The summed E-state index contributed by atoms with van der Waals surface area (Å²) in [6, 6.07) is 0. The third kappa shape index (κ3) is 2.60. The number of hydrogen-bond donors (Lipinski definition) is 3. The van der Waals surface area contributed by atoms with Gasteiger partial charge in [-0.05, 0) is 25.7 Å². The van der Waals surface area contributed by atoms with Crippen molar-refractivity contribution in [3.05, 3.63) is 0 Å². The number of hydrogen-bond acceptors (Lipinski definition) is 3. The molecule has 17 heavy (non-hydrogen) atoms. The molecule has 0 radical (unpaired) electrons. The van der Waals surface area contributed by atoms with Crippen LogP contribution in [0.5, 0.6) is 0 Å². The van der Waals surface area contributed by atoms with Crippen LogP contribution in [0.15, 0.2) is 0 Å². The first-order valence-electron chi connectivity index (χ1n) is 6.21. The van der Waals surface area contributed by atoms with Crippen LogP contribution < -0.4 is 11.1 Å². The van der Waals surface area contributed by atoms with Crippen molar-refractivity contribution in [2.45, 2.75) is 51.5 Å². The second-order valence-electron chi connectivity index (χ2n) is 4.98. The number of nitrogens with two attached hydrogens (primary N) is 1. The molecule has 0 spiro atoms. The van der Waals surface area contributed by atoms with Crippen molar-refractivity contribution in [3.63, 3.8) is 0 Å². The molecule has 0 aromatic heterocycles. The smallest absolute Gasteiger partial charge is 0.311 e. The molecule has 0 aromatic rings. The highest BCUT2D eigenvalue weighted by Gasteiger charge is 2.45. The SMILES string of the molecule is CCC(N)(CC)C(=O)NCC1(C(=O)O)CCC1. The Morgan fingerprint density at radius 1 is 1.35 bits per heavy atom. The molecule has 5 heteroatoms. The molecule has 0 heterocycles. The van der Waals surface area contributed by atoms with E-state index in [0.717, 1.165) is 6.42 Å². The maximum Gasteiger partial charge on any atom is 0.311 e. The Morgan fingerprint density at radius 2 is 1.88 bits per heavy atom. The number of rotatable bonds is 6. The maximum atomic E-state index is 11.9. The van der Waals surface area contributed by atoms with Gasteiger partial charge in [0.1, 0.15) is 0 Å². The van der Waals surface area contributed by atoms with E-state index in [1.165, 1.54) is 0 Å². The van der Waals surface area contributed by atoms with Gasteiger partial charge in [-0.3, -0.25) is 9.59 Å². The van der Waals surface area contributed by atoms with E-state index in [2.05, 4.69) is 5.32 Å². The minimum atomic E-state index is -0.872. The first-order valence-corrected chi connectivity index (χ1v) is 6.21. The molecule has 1 aliphatic rings. The van der Waals surface area contributed by atoms with Gasteiger partial charge in [0.05, 0.1) is 11.0 Å². The highest BCUT2D eigenvalue weighted by molar-refractivity contribution is 5.86. The average molecular weight is 242 g/mol. The molecule has 0 aliphatic heterocycles. The van der Waals surface area contributed by atoms with Crippen LogP contribution in [0.25, 0.3) is 0 Å². The van der Waals surface area contributed by atoms with Crippen molar-refractivity contribution in [3.8, 4) is 0 Å². The van der Waals surface area contributed by atoms with Gasteiger partial charge >= 0.3 is 5.97 Å². The zero-order valence-corrected chi connectivity index (χ0v) is 10.6. The van der Waals surface area contributed by atoms with Crippen LogP contribution in [0.2, 0.25) is 0 Å². The second kappa shape index (κ2) is 5.04. The number of aliphatic carboxylic acids is 1. The first kappa shape index (κ1) is 14.0. The molecule has 1 amide bonds. The summed E-state index contributed by atoms with van der Waals surface area (Å²) in [6.45, 7) is 3.92. The number of carboxylic acids is 1. The van der Waals surface area contributed by atoms with E-state index in [1.54, 1.807) is 0 Å². The number of amides is 1. The number of nitrogens with one attached hydrogen (secondary N) is 1. The van der Waals surface area contributed by atoms with Gasteiger partial charge in [-0.2, -0.15) is 0 Å². The fourth-order valence-corrected chi connectivity index (χ4v) is 2.07. The Kier molecular flexibility index (Phi) is 4.14. The van der Waals surface area contributed by atoms with Gasteiger partial charge in [-0.25, -0.2) is 0 Å². The zero-order chi connectivity index (χ0) is 13.1. The van der Waals surface area contributed by atoms with Crippen molar-refractivity contribution in [1.82, 2.24) is 5.32 Å². The lowest BCUT2D eigenvalue weighted by molar-refractivity contribution is -0.154. The first-order chi connectivity index (χ1) is 7.90. The molecular formula is C12H22N2O3. The number of carboxylic acid groups (broad SMARTS) is 1. The fraction of sp³-hybridized carbons (Fsp3) is 0.833. The number of carbonyl (C=O) groups excluding carboxylic acids is 1. The van der Waals surface area contributed by atoms with Gasteiger partial charge in [-0.1, -0.05) is 20.3 Å². The Labute approximate surface area is 102 Å². The van der Waals surface area contributed by atoms with Gasteiger partial charge in [0.2, 0.25) is 5.91 Å². The van der Waals surface area contributed by atoms with E-state index in [4.69, 9.17) is 10.8 Å². The molecule has 1 aliphatic carbocycles. The van der Waals surface area contributed by atoms with E-state index in [-0.39, 0.29) is 12.5 Å². The maximum absolute atomic E-state index is 11.9. The summed E-state index contributed by atoms with van der Waals surface area (Å²) in [6.07, 6.45) is 3.29. The van der Waals surface area contributed by atoms with Gasteiger partial charge in [0, 0.05) is 6.54 Å². The standard InChI is InChI=1S/C12H22N2O3/c1-3-12(13,4-2)9(15)14-8-11(10(16)17)6-5-7-11/h3-8,13H2,1-2H3,(H,14,15)(H,16,17). The lowest BCUT2D eigenvalue weighted by atomic mass is 9.68. The Bertz CT molecular complexity index is 307. The summed E-state index contributed by atoms with van der Waals surface area (Å²) in [5, 5.41) is 11.8. The molecule has 0 atom stereocenters. The summed E-state index contributed by atoms with van der Waals surface area (Å²) in [4.78, 5) is 23.0. The van der Waals surface area contributed by atoms with Crippen molar-refractivity contribution in [2.75, 3.05) is 6.54 Å². The summed E-state index contributed by atoms with van der Waals surface area (Å²) >= 11 is 0. The minimum absolute atomic E-state index is 0.195. The molecule has 98 valence electrons. The van der Waals surface area contributed by atoms with E-state index in [1.807, 2.05) is 13.8 Å². The van der Waals surface area contributed by atoms with Crippen LogP contribution in [0.4, 0.5) is 0 Å². The van der Waals surface area contributed by atoms with Crippen molar-refractivity contribution in [1.29, 1.82) is 0 Å². The third-order valence-electron chi connectivity index (χ3n) is 4.07. The average Bonchev–Trinajstić information content (AvgIpc) is 2.25. The predicted molar refractivity (Wildman–Crippen MR) is 64.4 cm³/mol. The normalized spacial score (nSPS) is 18.3. The quantitative estimate of drug-likeness (QED) is 0.644. The highest BCUT2D eigenvalue weighted by atomic mass is 16.4. The van der Waals surface area contributed by atoms with Crippen molar-refractivity contribution in [2.24, 2.45) is 11.1 Å². The largest absolute Gasteiger partial charge is 0.481 e. The van der Waals surface area contributed by atoms with Crippen LogP contribution >= 0.6 is 0 Å². The van der Waals surface area contributed by atoms with Crippen LogP contribution in [0.3, 0.4) is 0 Å². The molecule has 0 bridgehead atoms. The van der Waals surface area contributed by atoms with Crippen LogP contribution in [-0.2, 0) is 9.59 Å². The molecule has 0 unspecified atom stereocenters. The highest BCUT2D eigenvalue weighted by Crippen LogP contribution is 2.40. The summed E-state index contributed by atoms with van der Waals surface area (Å²) in [7, 11) is 0.